The Morgan fingerprint density at radius 1 is 1.29 bits per heavy atom. The van der Waals surface area contributed by atoms with E-state index in [2.05, 4.69) is 13.8 Å². The summed E-state index contributed by atoms with van der Waals surface area (Å²) in [6, 6.07) is 0. The maximum atomic E-state index is 5.20. The van der Waals surface area contributed by atoms with Crippen molar-refractivity contribution in [3.63, 3.8) is 0 Å². The normalized spacial score (nSPS) is 11.5. The molecule has 82 valence electrons. The first-order chi connectivity index (χ1) is 6.04. The molecule has 0 unspecified atom stereocenters. The molecule has 7 heteroatoms. The Balaban J connectivity index is -0.000000720. The van der Waals surface area contributed by atoms with Crippen LogP contribution in [0.5, 0.6) is 0 Å². The van der Waals surface area contributed by atoms with Crippen molar-refractivity contribution in [2.75, 3.05) is 25.7 Å². The summed E-state index contributed by atoms with van der Waals surface area (Å²) in [6.45, 7) is 4.39. The topological polar surface area (TPSA) is 18.5 Å². The van der Waals surface area contributed by atoms with Crippen LogP contribution < -0.4 is 29.6 Å². The van der Waals surface area contributed by atoms with Gasteiger partial charge in [0.05, 0.1) is 0 Å². The molecule has 0 N–H and O–H groups in total. The molecule has 0 saturated carbocycles. The molecule has 0 aromatic carbocycles. The van der Waals surface area contributed by atoms with E-state index in [0.717, 1.165) is 11.5 Å². The number of hydrogen-bond donors (Lipinski definition) is 0. The average Bonchev–Trinajstić information content (AvgIpc) is 2.12. The maximum Gasteiger partial charge on any atom is 1.00 e. The second-order valence-corrected chi connectivity index (χ2v) is 10.9. The van der Waals surface area contributed by atoms with Gasteiger partial charge in [0.15, 0.2) is 0 Å². The molecule has 0 aliphatic rings. The molecule has 0 aliphatic heterocycles. The Kier molecular flexibility index (Phi) is 13.9. The molecular formula is C7H18NaO2PS3. The van der Waals surface area contributed by atoms with Gasteiger partial charge in [0, 0.05) is 25.7 Å². The van der Waals surface area contributed by atoms with Crippen molar-refractivity contribution in [1.82, 2.24) is 0 Å². The first kappa shape index (κ1) is 18.6. The third kappa shape index (κ3) is 9.49. The smallest absolute Gasteiger partial charge is 1.00 e. The minimum atomic E-state index is -2.00. The molecule has 0 spiro atoms. The fourth-order valence-corrected chi connectivity index (χ4v) is 5.00. The Bertz CT molecular complexity index is 178. The van der Waals surface area contributed by atoms with Crippen LogP contribution in [0.1, 0.15) is 15.3 Å². The Morgan fingerprint density at radius 2 is 1.79 bits per heavy atom. The number of rotatable bonds is 7. The van der Waals surface area contributed by atoms with Crippen molar-refractivity contribution in [1.29, 1.82) is 0 Å². The van der Waals surface area contributed by atoms with Crippen molar-refractivity contribution < 1.29 is 40.0 Å². The first-order valence-corrected chi connectivity index (χ1v) is 9.29. The van der Waals surface area contributed by atoms with E-state index >= 15 is 0 Å². The van der Waals surface area contributed by atoms with E-state index in [9.17, 15) is 0 Å². The SMILES string of the molecule is COP(=S)(OC)SCCSC(C)C.[H-].[Na+]. The van der Waals surface area contributed by atoms with Crippen LogP contribution in [0.3, 0.4) is 0 Å². The second-order valence-electron chi connectivity index (χ2n) is 2.57. The maximum absolute atomic E-state index is 5.20. The van der Waals surface area contributed by atoms with Gasteiger partial charge < -0.3 is 10.5 Å². The van der Waals surface area contributed by atoms with Crippen LogP contribution in [0.15, 0.2) is 0 Å². The molecule has 2 nitrogen and oxygen atoms in total. The van der Waals surface area contributed by atoms with Crippen LogP contribution in [-0.4, -0.2) is 31.0 Å². The van der Waals surface area contributed by atoms with Crippen molar-refractivity contribution in [2.24, 2.45) is 0 Å². The van der Waals surface area contributed by atoms with E-state index in [4.69, 9.17) is 20.9 Å². The molecule has 0 atom stereocenters. The molecule has 0 fully saturated rings. The van der Waals surface area contributed by atoms with Crippen LogP contribution in [0.2, 0.25) is 0 Å². The van der Waals surface area contributed by atoms with E-state index in [-0.39, 0.29) is 31.0 Å². The number of thioether (sulfide) groups is 1. The van der Waals surface area contributed by atoms with Crippen molar-refractivity contribution in [2.45, 2.75) is 19.1 Å². The Hall–Kier alpha value is 2.27. The van der Waals surface area contributed by atoms with Crippen LogP contribution in [-0.2, 0) is 20.9 Å². The fraction of sp³-hybridized carbons (Fsp3) is 1.00. The molecule has 0 amide bonds. The van der Waals surface area contributed by atoms with Crippen LogP contribution in [0.25, 0.3) is 0 Å². The van der Waals surface area contributed by atoms with E-state index in [1.165, 1.54) is 0 Å². The van der Waals surface area contributed by atoms with Crippen molar-refractivity contribution in [3.05, 3.63) is 0 Å². The summed E-state index contributed by atoms with van der Waals surface area (Å²) in [7, 11) is 3.24. The minimum Gasteiger partial charge on any atom is -1.00 e. The van der Waals surface area contributed by atoms with Gasteiger partial charge in [-0.15, -0.1) is 0 Å². The summed E-state index contributed by atoms with van der Waals surface area (Å²) in [5, 5.41) is 0.684. The largest absolute Gasteiger partial charge is 1.00 e. The summed E-state index contributed by atoms with van der Waals surface area (Å²) >= 11 is 8.76. The van der Waals surface area contributed by atoms with Crippen molar-refractivity contribution in [3.8, 4) is 0 Å². The standard InChI is InChI=1S/C7H17O2PS3.Na.H/c1-7(2)12-5-6-13-10(11,8-3)9-4;;/h7H,5-6H2,1-4H3;;/q;+1;-1. The molecule has 14 heavy (non-hydrogen) atoms. The van der Waals surface area contributed by atoms with Gasteiger partial charge in [0.1, 0.15) is 0 Å². The summed E-state index contributed by atoms with van der Waals surface area (Å²) in [4.78, 5) is 0. The second kappa shape index (κ2) is 10.4. The third-order valence-electron chi connectivity index (χ3n) is 1.23. The Labute approximate surface area is 124 Å². The molecule has 0 bridgehead atoms. The first-order valence-electron chi connectivity index (χ1n) is 4.01. The molecule has 0 heterocycles. The van der Waals surface area contributed by atoms with Crippen LogP contribution in [0.4, 0.5) is 0 Å². The summed E-state index contributed by atoms with van der Waals surface area (Å²) in [5.41, 5.74) is -2.00. The van der Waals surface area contributed by atoms with Gasteiger partial charge in [-0.05, 0) is 17.1 Å². The molecular weight excluding hydrogens is 266 g/mol. The van der Waals surface area contributed by atoms with E-state index in [1.54, 1.807) is 25.6 Å². The summed E-state index contributed by atoms with van der Waals surface area (Å²) in [5.74, 6) is 2.11. The average molecular weight is 284 g/mol. The van der Waals surface area contributed by atoms with Crippen LogP contribution in [0, 0.1) is 0 Å². The van der Waals surface area contributed by atoms with Gasteiger partial charge in [-0.1, -0.05) is 25.2 Å². The van der Waals surface area contributed by atoms with Gasteiger partial charge in [0.2, 0.25) is 5.69 Å². The zero-order valence-corrected chi connectivity index (χ0v) is 14.8. The molecule has 0 radical (unpaired) electrons. The molecule has 0 saturated heterocycles. The molecule has 0 rings (SSSR count). The quantitative estimate of drug-likeness (QED) is 0.384. The third-order valence-corrected chi connectivity index (χ3v) is 8.43. The van der Waals surface area contributed by atoms with Gasteiger partial charge in [-0.3, -0.25) is 0 Å². The predicted molar refractivity (Wildman–Crippen MR) is 69.5 cm³/mol. The van der Waals surface area contributed by atoms with Gasteiger partial charge >= 0.3 is 29.6 Å². The molecule has 0 aliphatic carbocycles. The van der Waals surface area contributed by atoms with Crippen LogP contribution >= 0.6 is 28.8 Å². The molecule has 0 aromatic rings. The molecule has 0 aromatic heterocycles. The van der Waals surface area contributed by atoms with E-state index in [0.29, 0.717) is 5.25 Å². The predicted octanol–water partition coefficient (Wildman–Crippen LogP) is 0.495. The van der Waals surface area contributed by atoms with Gasteiger partial charge in [0.25, 0.3) is 0 Å². The zero-order valence-electron chi connectivity index (χ0n) is 10.5. The van der Waals surface area contributed by atoms with E-state index in [1.807, 2.05) is 11.8 Å². The van der Waals surface area contributed by atoms with Crippen molar-refractivity contribution >= 4 is 40.6 Å². The van der Waals surface area contributed by atoms with E-state index < -0.39 is 5.69 Å². The minimum absolute atomic E-state index is 0. The zero-order chi connectivity index (χ0) is 10.3. The van der Waals surface area contributed by atoms with Gasteiger partial charge in [-0.2, -0.15) is 11.8 Å². The fourth-order valence-electron chi connectivity index (χ4n) is 0.613. The Morgan fingerprint density at radius 3 is 2.14 bits per heavy atom. The van der Waals surface area contributed by atoms with Gasteiger partial charge in [-0.25, -0.2) is 0 Å². The summed E-state index contributed by atoms with van der Waals surface area (Å²) in [6.07, 6.45) is 0. The summed E-state index contributed by atoms with van der Waals surface area (Å²) < 4.78 is 10.3. The number of hydrogen-bond acceptors (Lipinski definition) is 5. The monoisotopic (exact) mass is 284 g/mol.